The van der Waals surface area contributed by atoms with E-state index in [1.807, 2.05) is 25.1 Å². The van der Waals surface area contributed by atoms with Gasteiger partial charge in [-0.2, -0.15) is 5.10 Å². The van der Waals surface area contributed by atoms with Crippen LogP contribution in [0, 0.1) is 6.92 Å². The van der Waals surface area contributed by atoms with Crippen LogP contribution in [0.5, 0.6) is 0 Å². The van der Waals surface area contributed by atoms with E-state index in [4.69, 9.17) is 0 Å². The summed E-state index contributed by atoms with van der Waals surface area (Å²) in [5.41, 5.74) is 4.00. The second-order valence-corrected chi connectivity index (χ2v) is 4.27. The van der Waals surface area contributed by atoms with Gasteiger partial charge in [0, 0.05) is 17.6 Å². The van der Waals surface area contributed by atoms with Gasteiger partial charge in [0.15, 0.2) is 0 Å². The van der Waals surface area contributed by atoms with Gasteiger partial charge in [0.2, 0.25) is 5.91 Å². The third kappa shape index (κ3) is 2.77. The van der Waals surface area contributed by atoms with Crippen molar-refractivity contribution in [2.75, 3.05) is 5.32 Å². The third-order valence-electron chi connectivity index (χ3n) is 2.91. The quantitative estimate of drug-likeness (QED) is 0.866. The topological polar surface area (TPSA) is 57.8 Å². The SMILES string of the molecule is CCc1cccc(C)c1NC(=O)Cc1ccn[nH]1. The van der Waals surface area contributed by atoms with Crippen molar-refractivity contribution in [3.63, 3.8) is 0 Å². The Morgan fingerprint density at radius 2 is 2.22 bits per heavy atom. The summed E-state index contributed by atoms with van der Waals surface area (Å²) in [7, 11) is 0. The molecule has 94 valence electrons. The van der Waals surface area contributed by atoms with Crippen LogP contribution in [0.2, 0.25) is 0 Å². The van der Waals surface area contributed by atoms with E-state index in [9.17, 15) is 4.79 Å². The van der Waals surface area contributed by atoms with E-state index in [0.29, 0.717) is 6.42 Å². The van der Waals surface area contributed by atoms with Crippen molar-refractivity contribution in [2.45, 2.75) is 26.7 Å². The standard InChI is InChI=1S/C14H17N3O/c1-3-11-6-4-5-10(2)14(11)16-13(18)9-12-7-8-15-17-12/h4-8H,3,9H2,1-2H3,(H,15,17)(H,16,18). The number of nitrogens with zero attached hydrogens (tertiary/aromatic N) is 1. The highest BCUT2D eigenvalue weighted by molar-refractivity contribution is 5.93. The summed E-state index contributed by atoms with van der Waals surface area (Å²) in [6.45, 7) is 4.09. The van der Waals surface area contributed by atoms with E-state index in [0.717, 1.165) is 28.9 Å². The first-order valence-corrected chi connectivity index (χ1v) is 6.07. The maximum absolute atomic E-state index is 11.9. The first kappa shape index (κ1) is 12.4. The molecule has 0 saturated carbocycles. The molecule has 1 amide bonds. The second kappa shape index (κ2) is 5.49. The first-order chi connectivity index (χ1) is 8.70. The molecule has 4 heteroatoms. The molecule has 1 aromatic carbocycles. The lowest BCUT2D eigenvalue weighted by atomic mass is 10.1. The van der Waals surface area contributed by atoms with Crippen LogP contribution in [0.25, 0.3) is 0 Å². The van der Waals surface area contributed by atoms with Crippen molar-refractivity contribution < 1.29 is 4.79 Å². The van der Waals surface area contributed by atoms with Gasteiger partial charge < -0.3 is 5.32 Å². The molecule has 0 spiro atoms. The summed E-state index contributed by atoms with van der Waals surface area (Å²) in [4.78, 5) is 11.9. The zero-order chi connectivity index (χ0) is 13.0. The minimum atomic E-state index is -0.0248. The fraction of sp³-hybridized carbons (Fsp3) is 0.286. The Labute approximate surface area is 106 Å². The fourth-order valence-electron chi connectivity index (χ4n) is 1.94. The molecule has 0 saturated heterocycles. The molecule has 1 aromatic heterocycles. The summed E-state index contributed by atoms with van der Waals surface area (Å²) in [5.74, 6) is -0.0248. The zero-order valence-corrected chi connectivity index (χ0v) is 10.7. The van der Waals surface area contributed by atoms with E-state index < -0.39 is 0 Å². The van der Waals surface area contributed by atoms with Crippen molar-refractivity contribution in [3.8, 4) is 0 Å². The number of nitrogens with one attached hydrogen (secondary N) is 2. The molecular weight excluding hydrogens is 226 g/mol. The Bertz CT molecular complexity index is 532. The molecule has 1 heterocycles. The number of aryl methyl sites for hydroxylation is 2. The molecule has 0 fully saturated rings. The summed E-state index contributed by atoms with van der Waals surface area (Å²) < 4.78 is 0. The molecule has 0 atom stereocenters. The Balaban J connectivity index is 2.11. The average Bonchev–Trinajstić information content (AvgIpc) is 2.84. The molecule has 18 heavy (non-hydrogen) atoms. The van der Waals surface area contributed by atoms with E-state index in [2.05, 4.69) is 22.4 Å². The second-order valence-electron chi connectivity index (χ2n) is 4.27. The van der Waals surface area contributed by atoms with Gasteiger partial charge in [-0.1, -0.05) is 25.1 Å². The van der Waals surface area contributed by atoms with Crippen LogP contribution < -0.4 is 5.32 Å². The Morgan fingerprint density at radius 1 is 1.39 bits per heavy atom. The van der Waals surface area contributed by atoms with Crippen molar-refractivity contribution in [2.24, 2.45) is 0 Å². The molecule has 2 N–H and O–H groups in total. The molecule has 0 unspecified atom stereocenters. The van der Waals surface area contributed by atoms with E-state index in [1.165, 1.54) is 0 Å². The number of amides is 1. The molecule has 0 aliphatic heterocycles. The van der Waals surface area contributed by atoms with Gasteiger partial charge in [0.05, 0.1) is 6.42 Å². The highest BCUT2D eigenvalue weighted by Crippen LogP contribution is 2.21. The van der Waals surface area contributed by atoms with Crippen molar-refractivity contribution >= 4 is 11.6 Å². The Hall–Kier alpha value is -2.10. The molecule has 0 radical (unpaired) electrons. The van der Waals surface area contributed by atoms with Crippen LogP contribution in [0.15, 0.2) is 30.5 Å². The smallest absolute Gasteiger partial charge is 0.230 e. The minimum absolute atomic E-state index is 0.0248. The number of hydrogen-bond donors (Lipinski definition) is 2. The van der Waals surface area contributed by atoms with Crippen molar-refractivity contribution in [1.29, 1.82) is 0 Å². The van der Waals surface area contributed by atoms with Gasteiger partial charge in [-0.15, -0.1) is 0 Å². The number of rotatable bonds is 4. The van der Waals surface area contributed by atoms with E-state index >= 15 is 0 Å². The lowest BCUT2D eigenvalue weighted by Crippen LogP contribution is -2.16. The summed E-state index contributed by atoms with van der Waals surface area (Å²) in [6.07, 6.45) is 2.87. The number of anilines is 1. The molecule has 0 aliphatic rings. The predicted molar refractivity (Wildman–Crippen MR) is 71.5 cm³/mol. The maximum atomic E-state index is 11.9. The summed E-state index contributed by atoms with van der Waals surface area (Å²) >= 11 is 0. The molecule has 2 rings (SSSR count). The summed E-state index contributed by atoms with van der Waals surface area (Å²) in [5, 5.41) is 9.60. The van der Waals surface area contributed by atoms with Gasteiger partial charge >= 0.3 is 0 Å². The van der Waals surface area contributed by atoms with Gasteiger partial charge in [-0.3, -0.25) is 9.89 Å². The largest absolute Gasteiger partial charge is 0.325 e. The fourth-order valence-corrected chi connectivity index (χ4v) is 1.94. The van der Waals surface area contributed by atoms with E-state index in [1.54, 1.807) is 12.3 Å². The van der Waals surface area contributed by atoms with Gasteiger partial charge in [-0.25, -0.2) is 0 Å². The maximum Gasteiger partial charge on any atom is 0.230 e. The number of H-pyrrole nitrogens is 1. The molecule has 4 nitrogen and oxygen atoms in total. The molecular formula is C14H17N3O. The highest BCUT2D eigenvalue weighted by Gasteiger charge is 2.09. The van der Waals surface area contributed by atoms with Gasteiger partial charge in [0.25, 0.3) is 0 Å². The number of aromatic amines is 1. The number of hydrogen-bond acceptors (Lipinski definition) is 2. The summed E-state index contributed by atoms with van der Waals surface area (Å²) in [6, 6.07) is 7.86. The number of carbonyl (C=O) groups is 1. The minimum Gasteiger partial charge on any atom is -0.325 e. The van der Waals surface area contributed by atoms with Crippen LogP contribution >= 0.6 is 0 Å². The molecule has 0 aliphatic carbocycles. The Morgan fingerprint density at radius 3 is 2.89 bits per heavy atom. The average molecular weight is 243 g/mol. The monoisotopic (exact) mass is 243 g/mol. The predicted octanol–water partition coefficient (Wildman–Crippen LogP) is 2.46. The van der Waals surface area contributed by atoms with Crippen molar-refractivity contribution in [1.82, 2.24) is 10.2 Å². The lowest BCUT2D eigenvalue weighted by Gasteiger charge is -2.12. The normalized spacial score (nSPS) is 10.3. The highest BCUT2D eigenvalue weighted by atomic mass is 16.1. The lowest BCUT2D eigenvalue weighted by molar-refractivity contribution is -0.115. The van der Waals surface area contributed by atoms with Crippen molar-refractivity contribution in [3.05, 3.63) is 47.3 Å². The number of benzene rings is 1. The number of aromatic nitrogens is 2. The Kier molecular flexibility index (Phi) is 3.77. The van der Waals surface area contributed by atoms with Crippen LogP contribution in [-0.4, -0.2) is 16.1 Å². The van der Waals surface area contributed by atoms with Gasteiger partial charge in [0.1, 0.15) is 0 Å². The molecule has 2 aromatic rings. The third-order valence-corrected chi connectivity index (χ3v) is 2.91. The van der Waals surface area contributed by atoms with Crippen LogP contribution in [0.3, 0.4) is 0 Å². The number of carbonyl (C=O) groups excluding carboxylic acids is 1. The van der Waals surface area contributed by atoms with Crippen LogP contribution in [-0.2, 0) is 17.6 Å². The zero-order valence-electron chi connectivity index (χ0n) is 10.7. The van der Waals surface area contributed by atoms with Gasteiger partial charge in [-0.05, 0) is 30.5 Å². The van der Waals surface area contributed by atoms with Crippen LogP contribution in [0.1, 0.15) is 23.7 Å². The molecule has 0 bridgehead atoms. The van der Waals surface area contributed by atoms with E-state index in [-0.39, 0.29) is 5.91 Å². The van der Waals surface area contributed by atoms with Crippen LogP contribution in [0.4, 0.5) is 5.69 Å². The number of para-hydroxylation sites is 1. The first-order valence-electron chi connectivity index (χ1n) is 6.07.